The summed E-state index contributed by atoms with van der Waals surface area (Å²) < 4.78 is 0. The highest BCUT2D eigenvalue weighted by Crippen LogP contribution is 2.28. The van der Waals surface area contributed by atoms with Crippen molar-refractivity contribution in [2.24, 2.45) is 5.73 Å². The van der Waals surface area contributed by atoms with Gasteiger partial charge in [-0.15, -0.1) is 0 Å². The molecule has 0 fully saturated rings. The first kappa shape index (κ1) is 15.0. The number of carbonyl (C=O) groups excluding carboxylic acids is 2. The molecule has 2 heterocycles. The third-order valence-electron chi connectivity index (χ3n) is 3.40. The number of aromatic nitrogens is 2. The Balaban J connectivity index is 1.99. The van der Waals surface area contributed by atoms with Crippen molar-refractivity contribution in [2.45, 2.75) is 12.3 Å². The summed E-state index contributed by atoms with van der Waals surface area (Å²) in [6.07, 6.45) is -0.170. The summed E-state index contributed by atoms with van der Waals surface area (Å²) in [7, 11) is 0. The van der Waals surface area contributed by atoms with Crippen LogP contribution < -0.4 is 21.9 Å². The number of hydrogen-bond donors (Lipinski definition) is 4. The smallest absolute Gasteiger partial charge is 0.258 e. The Bertz CT molecular complexity index is 846. The first-order chi connectivity index (χ1) is 10.9. The summed E-state index contributed by atoms with van der Waals surface area (Å²) in [5.41, 5.74) is 5.44. The standard InChI is InChI=1S/C14H12ClN5O3/c15-6-1-3-7(4-2-6)17-14-19-12-10(13(23)20-14)8(11(16)22)5-9(21)18-12/h1-4,8H,5H2,(H2,16,22)(H3,17,18,19,20,21,23)/t8-/m1/s1. The first-order valence-corrected chi connectivity index (χ1v) is 7.08. The molecule has 0 aliphatic carbocycles. The Hall–Kier alpha value is -2.87. The average molecular weight is 334 g/mol. The molecule has 0 saturated heterocycles. The third-order valence-corrected chi connectivity index (χ3v) is 3.65. The summed E-state index contributed by atoms with van der Waals surface area (Å²) in [6.45, 7) is 0. The Morgan fingerprint density at radius 3 is 2.65 bits per heavy atom. The molecule has 1 aliphatic heterocycles. The molecule has 3 rings (SSSR count). The molecule has 1 aromatic carbocycles. The molecule has 1 aromatic heterocycles. The second-order valence-corrected chi connectivity index (χ2v) is 5.45. The van der Waals surface area contributed by atoms with Gasteiger partial charge in [-0.1, -0.05) is 11.6 Å². The zero-order valence-corrected chi connectivity index (χ0v) is 12.5. The van der Waals surface area contributed by atoms with Gasteiger partial charge in [0, 0.05) is 17.1 Å². The number of primary amides is 1. The van der Waals surface area contributed by atoms with Gasteiger partial charge < -0.3 is 16.4 Å². The van der Waals surface area contributed by atoms with Crippen LogP contribution in [0, 0.1) is 0 Å². The molecule has 0 unspecified atom stereocenters. The highest BCUT2D eigenvalue weighted by Gasteiger charge is 2.33. The zero-order valence-electron chi connectivity index (χ0n) is 11.7. The summed E-state index contributed by atoms with van der Waals surface area (Å²) in [5, 5.41) is 5.94. The van der Waals surface area contributed by atoms with E-state index in [4.69, 9.17) is 17.3 Å². The van der Waals surface area contributed by atoms with E-state index >= 15 is 0 Å². The molecule has 2 aromatic rings. The largest absolute Gasteiger partial charge is 0.369 e. The maximum Gasteiger partial charge on any atom is 0.258 e. The average Bonchev–Trinajstić information content (AvgIpc) is 2.48. The molecular weight excluding hydrogens is 322 g/mol. The van der Waals surface area contributed by atoms with E-state index in [1.165, 1.54) is 0 Å². The molecule has 0 saturated carbocycles. The normalized spacial score (nSPS) is 16.4. The van der Waals surface area contributed by atoms with Crippen molar-refractivity contribution in [3.63, 3.8) is 0 Å². The van der Waals surface area contributed by atoms with Gasteiger partial charge in [0.25, 0.3) is 5.56 Å². The van der Waals surface area contributed by atoms with Gasteiger partial charge in [0.1, 0.15) is 5.82 Å². The van der Waals surface area contributed by atoms with Gasteiger partial charge >= 0.3 is 0 Å². The number of hydrogen-bond acceptors (Lipinski definition) is 5. The van der Waals surface area contributed by atoms with Crippen LogP contribution in [0.25, 0.3) is 0 Å². The number of halogens is 1. The third kappa shape index (κ3) is 3.02. The summed E-state index contributed by atoms with van der Waals surface area (Å²) in [6, 6.07) is 6.75. The van der Waals surface area contributed by atoms with Gasteiger partial charge in [0.05, 0.1) is 11.5 Å². The molecule has 0 bridgehead atoms. The molecule has 0 spiro atoms. The Morgan fingerprint density at radius 1 is 1.30 bits per heavy atom. The van der Waals surface area contributed by atoms with Crippen LogP contribution in [-0.2, 0) is 9.59 Å². The van der Waals surface area contributed by atoms with Crippen LogP contribution in [0.15, 0.2) is 29.1 Å². The molecular formula is C14H12ClN5O3. The highest BCUT2D eigenvalue weighted by molar-refractivity contribution is 6.30. The molecule has 1 aliphatic rings. The van der Waals surface area contributed by atoms with Crippen LogP contribution >= 0.6 is 11.6 Å². The first-order valence-electron chi connectivity index (χ1n) is 6.70. The number of amides is 2. The van der Waals surface area contributed by atoms with E-state index in [9.17, 15) is 14.4 Å². The maximum atomic E-state index is 12.2. The lowest BCUT2D eigenvalue weighted by atomic mass is 9.93. The number of rotatable bonds is 3. The van der Waals surface area contributed by atoms with Crippen molar-refractivity contribution in [2.75, 3.05) is 10.6 Å². The summed E-state index contributed by atoms with van der Waals surface area (Å²) in [5.74, 6) is -1.99. The van der Waals surface area contributed by atoms with E-state index < -0.39 is 23.3 Å². The zero-order chi connectivity index (χ0) is 16.6. The van der Waals surface area contributed by atoms with Crippen LogP contribution in [0.5, 0.6) is 0 Å². The summed E-state index contributed by atoms with van der Waals surface area (Å²) in [4.78, 5) is 42.0. The second kappa shape index (κ2) is 5.73. The number of nitrogens with two attached hydrogens (primary N) is 1. The van der Waals surface area contributed by atoms with Crippen molar-refractivity contribution in [3.8, 4) is 0 Å². The minimum absolute atomic E-state index is 0.0327. The fraction of sp³-hybridized carbons (Fsp3) is 0.143. The molecule has 0 radical (unpaired) electrons. The van der Waals surface area contributed by atoms with Crippen LogP contribution in [-0.4, -0.2) is 21.8 Å². The lowest BCUT2D eigenvalue weighted by molar-refractivity contribution is -0.124. The van der Waals surface area contributed by atoms with Crippen LogP contribution in [0.3, 0.4) is 0 Å². The quantitative estimate of drug-likeness (QED) is 0.667. The van der Waals surface area contributed by atoms with Gasteiger partial charge in [-0.05, 0) is 24.3 Å². The fourth-order valence-electron chi connectivity index (χ4n) is 2.34. The number of carbonyl (C=O) groups is 2. The summed E-state index contributed by atoms with van der Waals surface area (Å²) >= 11 is 5.80. The molecule has 1 atom stereocenters. The predicted molar refractivity (Wildman–Crippen MR) is 84.8 cm³/mol. The number of aromatic amines is 1. The van der Waals surface area contributed by atoms with Gasteiger partial charge in [0.15, 0.2) is 0 Å². The molecule has 23 heavy (non-hydrogen) atoms. The van der Waals surface area contributed by atoms with E-state index in [-0.39, 0.29) is 23.8 Å². The molecule has 8 nitrogen and oxygen atoms in total. The topological polar surface area (TPSA) is 130 Å². The van der Waals surface area contributed by atoms with Crippen molar-refractivity contribution >= 4 is 40.9 Å². The van der Waals surface area contributed by atoms with Crippen LogP contribution in [0.4, 0.5) is 17.5 Å². The Kier molecular flexibility index (Phi) is 3.75. The number of anilines is 3. The Labute approximate surface area is 135 Å². The monoisotopic (exact) mass is 333 g/mol. The van der Waals surface area contributed by atoms with Crippen LogP contribution in [0.1, 0.15) is 17.9 Å². The predicted octanol–water partition coefficient (Wildman–Crippen LogP) is 1.08. The number of nitrogens with one attached hydrogen (secondary N) is 3. The van der Waals surface area contributed by atoms with Gasteiger partial charge in [0.2, 0.25) is 17.8 Å². The molecule has 118 valence electrons. The van der Waals surface area contributed by atoms with Gasteiger partial charge in [-0.3, -0.25) is 19.4 Å². The SMILES string of the molecule is NC(=O)[C@@H]1CC(=O)Nc2nc(Nc3ccc(Cl)cc3)[nH]c(=O)c21. The minimum atomic E-state index is -0.986. The lowest BCUT2D eigenvalue weighted by Gasteiger charge is -2.21. The van der Waals surface area contributed by atoms with Crippen LogP contribution in [0.2, 0.25) is 5.02 Å². The Morgan fingerprint density at radius 2 is 2.00 bits per heavy atom. The number of benzene rings is 1. The highest BCUT2D eigenvalue weighted by atomic mass is 35.5. The number of H-pyrrole nitrogens is 1. The maximum absolute atomic E-state index is 12.2. The van der Waals surface area contributed by atoms with Gasteiger partial charge in [-0.25, -0.2) is 0 Å². The molecule has 2 amide bonds. The molecule has 5 N–H and O–H groups in total. The van der Waals surface area contributed by atoms with E-state index in [2.05, 4.69) is 20.6 Å². The fourth-order valence-corrected chi connectivity index (χ4v) is 2.47. The molecule has 9 heteroatoms. The second-order valence-electron chi connectivity index (χ2n) is 5.02. The lowest BCUT2D eigenvalue weighted by Crippen LogP contribution is -2.36. The van der Waals surface area contributed by atoms with Gasteiger partial charge in [-0.2, -0.15) is 4.98 Å². The van der Waals surface area contributed by atoms with E-state index in [0.717, 1.165) is 0 Å². The van der Waals surface area contributed by atoms with E-state index in [1.54, 1.807) is 24.3 Å². The van der Waals surface area contributed by atoms with Crippen molar-refractivity contribution < 1.29 is 9.59 Å². The minimum Gasteiger partial charge on any atom is -0.369 e. The van der Waals surface area contributed by atoms with Crippen molar-refractivity contribution in [3.05, 3.63) is 45.2 Å². The van der Waals surface area contributed by atoms with E-state index in [1.807, 2.05) is 0 Å². The number of nitrogens with zero attached hydrogens (tertiary/aromatic N) is 1. The van der Waals surface area contributed by atoms with E-state index in [0.29, 0.717) is 10.7 Å². The van der Waals surface area contributed by atoms with Crippen molar-refractivity contribution in [1.29, 1.82) is 0 Å². The number of fused-ring (bicyclic) bond motifs is 1. The van der Waals surface area contributed by atoms with Crippen molar-refractivity contribution in [1.82, 2.24) is 9.97 Å².